The van der Waals surface area contributed by atoms with Crippen LogP contribution in [0.5, 0.6) is 0 Å². The third-order valence-corrected chi connectivity index (χ3v) is 3.62. The summed E-state index contributed by atoms with van der Waals surface area (Å²) in [5.41, 5.74) is 0. The van der Waals surface area contributed by atoms with Gasteiger partial charge in [0.1, 0.15) is 0 Å². The van der Waals surface area contributed by atoms with E-state index in [1.807, 2.05) is 0 Å². The maximum Gasteiger partial charge on any atom is 0.156 e. The van der Waals surface area contributed by atoms with Crippen LogP contribution >= 0.6 is 0 Å². The van der Waals surface area contributed by atoms with E-state index in [0.717, 1.165) is 26.2 Å². The summed E-state index contributed by atoms with van der Waals surface area (Å²) in [4.78, 5) is 7.23. The summed E-state index contributed by atoms with van der Waals surface area (Å²) >= 11 is 0. The van der Waals surface area contributed by atoms with Crippen molar-refractivity contribution in [3.05, 3.63) is 0 Å². The maximum absolute atomic E-state index is 8.84. The molecule has 2 rings (SSSR count). The van der Waals surface area contributed by atoms with E-state index in [2.05, 4.69) is 27.8 Å². The summed E-state index contributed by atoms with van der Waals surface area (Å²) in [5, 5.41) is 8.84. The first-order valence-corrected chi connectivity index (χ1v) is 6.42. The summed E-state index contributed by atoms with van der Waals surface area (Å²) in [6.45, 7) is 9.28. The van der Waals surface area contributed by atoms with Crippen LogP contribution in [0.4, 0.5) is 0 Å². The van der Waals surface area contributed by atoms with Crippen molar-refractivity contribution in [3.63, 3.8) is 0 Å². The minimum Gasteiger partial charge on any atom is -0.361 e. The SMILES string of the molecule is CN1CCN(CCN2CCOC(C#N)C2)CC1. The Morgan fingerprint density at radius 1 is 1.12 bits per heavy atom. The molecule has 5 heteroatoms. The molecule has 0 saturated carbocycles. The molecule has 2 saturated heterocycles. The van der Waals surface area contributed by atoms with Crippen molar-refractivity contribution >= 4 is 0 Å². The largest absolute Gasteiger partial charge is 0.361 e. The van der Waals surface area contributed by atoms with Crippen LogP contribution in [0.25, 0.3) is 0 Å². The van der Waals surface area contributed by atoms with E-state index in [4.69, 9.17) is 10.00 Å². The lowest BCUT2D eigenvalue weighted by Crippen LogP contribution is -2.49. The Morgan fingerprint density at radius 2 is 1.82 bits per heavy atom. The number of hydrogen-bond acceptors (Lipinski definition) is 5. The van der Waals surface area contributed by atoms with Gasteiger partial charge in [-0.25, -0.2) is 0 Å². The van der Waals surface area contributed by atoms with Gasteiger partial charge in [-0.05, 0) is 7.05 Å². The summed E-state index contributed by atoms with van der Waals surface area (Å²) in [5.74, 6) is 0. The van der Waals surface area contributed by atoms with E-state index >= 15 is 0 Å². The molecule has 5 nitrogen and oxygen atoms in total. The van der Waals surface area contributed by atoms with Crippen LogP contribution in [0.3, 0.4) is 0 Å². The third kappa shape index (κ3) is 3.93. The molecule has 0 aromatic carbocycles. The molecular formula is C12H22N4O. The second-order valence-electron chi connectivity index (χ2n) is 4.93. The van der Waals surface area contributed by atoms with E-state index in [9.17, 15) is 0 Å². The fourth-order valence-corrected chi connectivity index (χ4v) is 2.34. The van der Waals surface area contributed by atoms with E-state index in [1.54, 1.807) is 0 Å². The fourth-order valence-electron chi connectivity index (χ4n) is 2.34. The molecule has 1 unspecified atom stereocenters. The van der Waals surface area contributed by atoms with E-state index < -0.39 is 0 Å². The monoisotopic (exact) mass is 238 g/mol. The van der Waals surface area contributed by atoms with E-state index in [0.29, 0.717) is 6.61 Å². The minimum atomic E-state index is -0.226. The van der Waals surface area contributed by atoms with Crippen molar-refractivity contribution in [2.75, 3.05) is 66.0 Å². The first-order valence-electron chi connectivity index (χ1n) is 6.42. The van der Waals surface area contributed by atoms with E-state index in [1.165, 1.54) is 26.2 Å². The third-order valence-electron chi connectivity index (χ3n) is 3.62. The normalized spacial score (nSPS) is 29.1. The molecule has 0 bridgehead atoms. The van der Waals surface area contributed by atoms with Crippen LogP contribution in [0.1, 0.15) is 0 Å². The van der Waals surface area contributed by atoms with E-state index in [-0.39, 0.29) is 6.10 Å². The van der Waals surface area contributed by atoms with Crippen LogP contribution in [0.15, 0.2) is 0 Å². The second kappa shape index (κ2) is 6.31. The highest BCUT2D eigenvalue weighted by atomic mass is 16.5. The standard InChI is InChI=1S/C12H22N4O/c1-14-2-4-15(5-3-14)6-7-16-8-9-17-12(10-13)11-16/h12H,2-9,11H2,1H3. The molecule has 0 aromatic heterocycles. The highest BCUT2D eigenvalue weighted by molar-refractivity contribution is 4.89. The van der Waals surface area contributed by atoms with Gasteiger partial charge in [0, 0.05) is 52.4 Å². The Bertz CT molecular complexity index is 270. The van der Waals surface area contributed by atoms with Gasteiger partial charge in [-0.1, -0.05) is 0 Å². The van der Waals surface area contributed by atoms with Crippen LogP contribution in [-0.4, -0.2) is 86.8 Å². The number of hydrogen-bond donors (Lipinski definition) is 0. The number of nitriles is 1. The number of nitrogens with zero attached hydrogens (tertiary/aromatic N) is 4. The minimum absolute atomic E-state index is 0.226. The molecule has 0 aromatic rings. The van der Waals surface area contributed by atoms with Crippen LogP contribution in [0.2, 0.25) is 0 Å². The fraction of sp³-hybridized carbons (Fsp3) is 0.917. The molecule has 0 N–H and O–H groups in total. The van der Waals surface area contributed by atoms with Crippen LogP contribution in [-0.2, 0) is 4.74 Å². The molecule has 2 aliphatic rings. The molecule has 17 heavy (non-hydrogen) atoms. The van der Waals surface area contributed by atoms with Gasteiger partial charge in [-0.15, -0.1) is 0 Å². The number of likely N-dealkylation sites (N-methyl/N-ethyl adjacent to an activating group) is 1. The van der Waals surface area contributed by atoms with Crippen molar-refractivity contribution < 1.29 is 4.74 Å². The molecule has 2 aliphatic heterocycles. The van der Waals surface area contributed by atoms with Crippen molar-refractivity contribution in [1.29, 1.82) is 5.26 Å². The van der Waals surface area contributed by atoms with Gasteiger partial charge in [0.2, 0.25) is 0 Å². The summed E-state index contributed by atoms with van der Waals surface area (Å²) < 4.78 is 5.34. The van der Waals surface area contributed by atoms with Crippen LogP contribution < -0.4 is 0 Å². The maximum atomic E-state index is 8.84. The van der Waals surface area contributed by atoms with Gasteiger partial charge in [0.05, 0.1) is 12.7 Å². The zero-order valence-corrected chi connectivity index (χ0v) is 10.6. The lowest BCUT2D eigenvalue weighted by atomic mass is 10.3. The summed E-state index contributed by atoms with van der Waals surface area (Å²) in [7, 11) is 2.18. The molecule has 0 amide bonds. The quantitative estimate of drug-likeness (QED) is 0.660. The Labute approximate surface area is 104 Å². The van der Waals surface area contributed by atoms with Gasteiger partial charge >= 0.3 is 0 Å². The van der Waals surface area contributed by atoms with Crippen molar-refractivity contribution in [2.24, 2.45) is 0 Å². The van der Waals surface area contributed by atoms with Gasteiger partial charge in [0.15, 0.2) is 6.10 Å². The van der Waals surface area contributed by atoms with Gasteiger partial charge in [-0.2, -0.15) is 5.26 Å². The highest BCUT2D eigenvalue weighted by Crippen LogP contribution is 2.05. The molecule has 0 spiro atoms. The van der Waals surface area contributed by atoms with Gasteiger partial charge in [-0.3, -0.25) is 9.80 Å². The topological polar surface area (TPSA) is 42.7 Å². The number of rotatable bonds is 3. The van der Waals surface area contributed by atoms with Gasteiger partial charge in [0.25, 0.3) is 0 Å². The highest BCUT2D eigenvalue weighted by Gasteiger charge is 2.21. The van der Waals surface area contributed by atoms with Gasteiger partial charge < -0.3 is 9.64 Å². The van der Waals surface area contributed by atoms with Crippen LogP contribution in [0, 0.1) is 11.3 Å². The molecule has 1 atom stereocenters. The Kier molecular flexibility index (Phi) is 4.75. The average molecular weight is 238 g/mol. The predicted molar refractivity (Wildman–Crippen MR) is 65.7 cm³/mol. The Hall–Kier alpha value is -0.670. The number of ether oxygens (including phenoxy) is 1. The molecule has 0 aliphatic carbocycles. The lowest BCUT2D eigenvalue weighted by molar-refractivity contribution is -0.00380. The first kappa shape index (κ1) is 12.8. The second-order valence-corrected chi connectivity index (χ2v) is 4.93. The zero-order valence-electron chi connectivity index (χ0n) is 10.6. The average Bonchev–Trinajstić information content (AvgIpc) is 2.38. The van der Waals surface area contributed by atoms with Crippen molar-refractivity contribution in [2.45, 2.75) is 6.10 Å². The molecule has 0 radical (unpaired) electrons. The Morgan fingerprint density at radius 3 is 2.53 bits per heavy atom. The number of piperazine rings is 1. The van der Waals surface area contributed by atoms with Crippen molar-refractivity contribution in [3.8, 4) is 6.07 Å². The summed E-state index contributed by atoms with van der Waals surface area (Å²) in [6, 6.07) is 2.19. The zero-order chi connectivity index (χ0) is 12.1. The predicted octanol–water partition coefficient (Wildman–Crippen LogP) is -0.542. The van der Waals surface area contributed by atoms with Crippen molar-refractivity contribution in [1.82, 2.24) is 14.7 Å². The smallest absolute Gasteiger partial charge is 0.156 e. The Balaban J connectivity index is 1.66. The lowest BCUT2D eigenvalue weighted by Gasteiger charge is -2.35. The molecular weight excluding hydrogens is 216 g/mol. The molecule has 2 heterocycles. The number of morpholine rings is 1. The first-order chi connectivity index (χ1) is 8.28. The molecule has 96 valence electrons. The summed E-state index contributed by atoms with van der Waals surface area (Å²) in [6.07, 6.45) is -0.226. The molecule has 2 fully saturated rings.